The molecule has 0 aromatic heterocycles. The summed E-state index contributed by atoms with van der Waals surface area (Å²) in [6.45, 7) is 1.03. The molecule has 0 aliphatic heterocycles. The second kappa shape index (κ2) is 7.99. The number of amides is 1. The zero-order valence-corrected chi connectivity index (χ0v) is 9.87. The Morgan fingerprint density at radius 2 is 2.06 bits per heavy atom. The molecule has 0 spiro atoms. The molecule has 1 N–H and O–H groups in total. The summed E-state index contributed by atoms with van der Waals surface area (Å²) in [5.74, 6) is 1.36. The van der Waals surface area contributed by atoms with Crippen LogP contribution in [0.4, 0.5) is 0 Å². The van der Waals surface area contributed by atoms with E-state index in [4.69, 9.17) is 16.3 Å². The third-order valence-corrected chi connectivity index (χ3v) is 2.24. The number of nitrogens with one attached hydrogen (secondary N) is 1. The Bertz CT molecular complexity index is 303. The molecule has 1 rings (SSSR count). The lowest BCUT2D eigenvalue weighted by molar-refractivity contribution is -0.121. The van der Waals surface area contributed by atoms with Crippen molar-refractivity contribution in [3.05, 3.63) is 30.3 Å². The fraction of sp³-hybridized carbons (Fsp3) is 0.417. The van der Waals surface area contributed by atoms with Gasteiger partial charge in [-0.3, -0.25) is 4.79 Å². The van der Waals surface area contributed by atoms with Gasteiger partial charge < -0.3 is 10.1 Å². The maximum atomic E-state index is 11.3. The highest BCUT2D eigenvalue weighted by molar-refractivity contribution is 6.17. The van der Waals surface area contributed by atoms with Crippen LogP contribution < -0.4 is 10.1 Å². The SMILES string of the molecule is O=C(CCOc1ccccc1)NCCCCl. The maximum absolute atomic E-state index is 11.3. The van der Waals surface area contributed by atoms with Gasteiger partial charge >= 0.3 is 0 Å². The van der Waals surface area contributed by atoms with Crippen LogP contribution in [0.3, 0.4) is 0 Å². The number of hydrogen-bond acceptors (Lipinski definition) is 2. The second-order valence-electron chi connectivity index (χ2n) is 3.30. The average molecular weight is 242 g/mol. The first kappa shape index (κ1) is 12.8. The summed E-state index contributed by atoms with van der Waals surface area (Å²) in [6, 6.07) is 9.45. The van der Waals surface area contributed by atoms with Crippen LogP contribution >= 0.6 is 11.6 Å². The molecule has 88 valence electrons. The third-order valence-electron chi connectivity index (χ3n) is 1.97. The first-order valence-corrected chi connectivity index (χ1v) is 5.87. The van der Waals surface area contributed by atoms with Crippen molar-refractivity contribution in [3.63, 3.8) is 0 Å². The van der Waals surface area contributed by atoms with Crippen molar-refractivity contribution in [3.8, 4) is 5.75 Å². The molecule has 0 heterocycles. The van der Waals surface area contributed by atoms with Crippen molar-refractivity contribution in [2.75, 3.05) is 19.0 Å². The summed E-state index contributed by atoms with van der Waals surface area (Å²) in [4.78, 5) is 11.3. The molecule has 4 heteroatoms. The van der Waals surface area contributed by atoms with Crippen molar-refractivity contribution in [1.29, 1.82) is 0 Å². The van der Waals surface area contributed by atoms with E-state index in [0.717, 1.165) is 12.2 Å². The first-order valence-electron chi connectivity index (χ1n) is 5.33. The quantitative estimate of drug-likeness (QED) is 0.587. The van der Waals surface area contributed by atoms with Crippen LogP contribution in [0.15, 0.2) is 30.3 Å². The number of carbonyl (C=O) groups excluding carboxylic acids is 1. The van der Waals surface area contributed by atoms with Gasteiger partial charge in [-0.2, -0.15) is 0 Å². The van der Waals surface area contributed by atoms with Crippen molar-refractivity contribution in [2.24, 2.45) is 0 Å². The summed E-state index contributed by atoms with van der Waals surface area (Å²) >= 11 is 5.49. The van der Waals surface area contributed by atoms with Gasteiger partial charge in [0.05, 0.1) is 13.0 Å². The molecule has 0 bridgehead atoms. The van der Waals surface area contributed by atoms with E-state index in [1.165, 1.54) is 0 Å². The fourth-order valence-electron chi connectivity index (χ4n) is 1.16. The van der Waals surface area contributed by atoms with E-state index in [1.807, 2.05) is 30.3 Å². The molecule has 1 amide bonds. The van der Waals surface area contributed by atoms with E-state index >= 15 is 0 Å². The van der Waals surface area contributed by atoms with E-state index in [-0.39, 0.29) is 5.91 Å². The van der Waals surface area contributed by atoms with Gasteiger partial charge in [-0.05, 0) is 18.6 Å². The van der Waals surface area contributed by atoms with Gasteiger partial charge in [0.1, 0.15) is 5.75 Å². The number of rotatable bonds is 7. The summed E-state index contributed by atoms with van der Waals surface area (Å²) in [5.41, 5.74) is 0. The van der Waals surface area contributed by atoms with Crippen molar-refractivity contribution < 1.29 is 9.53 Å². The molecule has 0 aliphatic carbocycles. The number of halogens is 1. The summed E-state index contributed by atoms with van der Waals surface area (Å²) in [7, 11) is 0. The zero-order chi connectivity index (χ0) is 11.6. The topological polar surface area (TPSA) is 38.3 Å². The number of benzene rings is 1. The Morgan fingerprint density at radius 1 is 1.31 bits per heavy atom. The molecule has 0 unspecified atom stereocenters. The molecule has 1 aromatic rings. The highest BCUT2D eigenvalue weighted by Gasteiger charge is 2.00. The monoisotopic (exact) mass is 241 g/mol. The lowest BCUT2D eigenvalue weighted by Gasteiger charge is -2.06. The third kappa shape index (κ3) is 5.61. The van der Waals surface area contributed by atoms with Crippen LogP contribution in [-0.4, -0.2) is 24.9 Å². The Balaban J connectivity index is 2.09. The van der Waals surface area contributed by atoms with E-state index < -0.39 is 0 Å². The lowest BCUT2D eigenvalue weighted by Crippen LogP contribution is -2.26. The molecule has 0 saturated carbocycles. The van der Waals surface area contributed by atoms with Gasteiger partial charge in [-0.1, -0.05) is 18.2 Å². The standard InChI is InChI=1S/C12H16ClNO2/c13-8-4-9-14-12(15)7-10-16-11-5-2-1-3-6-11/h1-3,5-6H,4,7-10H2,(H,14,15). The Morgan fingerprint density at radius 3 is 2.75 bits per heavy atom. The van der Waals surface area contributed by atoms with Crippen LogP contribution in [0.1, 0.15) is 12.8 Å². The van der Waals surface area contributed by atoms with E-state index in [0.29, 0.717) is 25.5 Å². The maximum Gasteiger partial charge on any atom is 0.223 e. The molecule has 0 radical (unpaired) electrons. The molecular weight excluding hydrogens is 226 g/mol. The molecule has 0 saturated heterocycles. The smallest absolute Gasteiger partial charge is 0.223 e. The first-order chi connectivity index (χ1) is 7.83. The summed E-state index contributed by atoms with van der Waals surface area (Å²) in [6.07, 6.45) is 1.17. The van der Waals surface area contributed by atoms with Gasteiger partial charge in [0.25, 0.3) is 0 Å². The predicted molar refractivity (Wildman–Crippen MR) is 64.9 cm³/mol. The lowest BCUT2D eigenvalue weighted by atomic mass is 10.3. The Kier molecular flexibility index (Phi) is 6.42. The zero-order valence-electron chi connectivity index (χ0n) is 9.12. The van der Waals surface area contributed by atoms with Gasteiger partial charge in [-0.15, -0.1) is 11.6 Å². The molecule has 0 aliphatic rings. The summed E-state index contributed by atoms with van der Waals surface area (Å²) < 4.78 is 5.40. The number of alkyl halides is 1. The minimum atomic E-state index is 0.000970. The van der Waals surface area contributed by atoms with Crippen LogP contribution in [0.5, 0.6) is 5.75 Å². The minimum absolute atomic E-state index is 0.000970. The predicted octanol–water partition coefficient (Wildman–Crippen LogP) is 2.20. The number of ether oxygens (including phenoxy) is 1. The van der Waals surface area contributed by atoms with Crippen LogP contribution in [0, 0.1) is 0 Å². The van der Waals surface area contributed by atoms with Crippen LogP contribution in [-0.2, 0) is 4.79 Å². The van der Waals surface area contributed by atoms with Gasteiger partial charge in [0, 0.05) is 12.4 Å². The molecular formula is C12H16ClNO2. The Labute approximate surface area is 101 Å². The average Bonchev–Trinajstić information content (AvgIpc) is 2.31. The molecule has 16 heavy (non-hydrogen) atoms. The van der Waals surface area contributed by atoms with Gasteiger partial charge in [0.15, 0.2) is 0 Å². The van der Waals surface area contributed by atoms with E-state index in [2.05, 4.69) is 5.32 Å². The van der Waals surface area contributed by atoms with Gasteiger partial charge in [-0.25, -0.2) is 0 Å². The van der Waals surface area contributed by atoms with Crippen molar-refractivity contribution in [2.45, 2.75) is 12.8 Å². The number of hydrogen-bond donors (Lipinski definition) is 1. The van der Waals surface area contributed by atoms with E-state index in [1.54, 1.807) is 0 Å². The highest BCUT2D eigenvalue weighted by atomic mass is 35.5. The van der Waals surface area contributed by atoms with Gasteiger partial charge in [0.2, 0.25) is 5.91 Å². The molecule has 1 aromatic carbocycles. The Hall–Kier alpha value is -1.22. The molecule has 0 atom stereocenters. The van der Waals surface area contributed by atoms with Crippen molar-refractivity contribution in [1.82, 2.24) is 5.32 Å². The van der Waals surface area contributed by atoms with Crippen LogP contribution in [0.2, 0.25) is 0 Å². The summed E-state index contributed by atoms with van der Waals surface area (Å²) in [5, 5.41) is 2.77. The number of carbonyl (C=O) groups is 1. The number of para-hydroxylation sites is 1. The second-order valence-corrected chi connectivity index (χ2v) is 3.68. The van der Waals surface area contributed by atoms with E-state index in [9.17, 15) is 4.79 Å². The normalized spacial score (nSPS) is 9.81. The highest BCUT2D eigenvalue weighted by Crippen LogP contribution is 2.08. The van der Waals surface area contributed by atoms with Crippen LogP contribution in [0.25, 0.3) is 0 Å². The van der Waals surface area contributed by atoms with Crippen molar-refractivity contribution >= 4 is 17.5 Å². The fourth-order valence-corrected chi connectivity index (χ4v) is 1.29. The molecule has 3 nitrogen and oxygen atoms in total. The molecule has 0 fully saturated rings. The largest absolute Gasteiger partial charge is 0.493 e. The minimum Gasteiger partial charge on any atom is -0.493 e.